The summed E-state index contributed by atoms with van der Waals surface area (Å²) in [5.74, 6) is 0.814. The number of aliphatic hydroxyl groups excluding tert-OH is 1. The lowest BCUT2D eigenvalue weighted by molar-refractivity contribution is 0.0424. The normalized spacial score (nSPS) is 14.2. The van der Waals surface area contributed by atoms with Crippen molar-refractivity contribution in [1.82, 2.24) is 5.32 Å². The molecule has 5 heteroatoms. The van der Waals surface area contributed by atoms with E-state index in [-0.39, 0.29) is 5.60 Å². The summed E-state index contributed by atoms with van der Waals surface area (Å²) >= 11 is 0. The molecule has 0 aromatic heterocycles. The Labute approximate surface area is 170 Å². The zero-order chi connectivity index (χ0) is 21.7. The van der Waals surface area contributed by atoms with E-state index < -0.39 is 23.8 Å². The molecule has 0 saturated carbocycles. The van der Waals surface area contributed by atoms with Gasteiger partial charge in [0.15, 0.2) is 0 Å². The number of benzene rings is 1. The first kappa shape index (κ1) is 24.0. The molecule has 158 valence electrons. The highest BCUT2D eigenvalue weighted by Gasteiger charge is 2.25. The van der Waals surface area contributed by atoms with E-state index in [4.69, 9.17) is 9.47 Å². The van der Waals surface area contributed by atoms with Crippen LogP contribution in [0.4, 0.5) is 4.79 Å². The molecule has 0 saturated heterocycles. The fourth-order valence-corrected chi connectivity index (χ4v) is 2.99. The van der Waals surface area contributed by atoms with Crippen LogP contribution in [-0.2, 0) is 11.2 Å². The van der Waals surface area contributed by atoms with Crippen molar-refractivity contribution in [2.75, 3.05) is 0 Å². The largest absolute Gasteiger partial charge is 0.488 e. The predicted octanol–water partition coefficient (Wildman–Crippen LogP) is 4.85. The topological polar surface area (TPSA) is 67.8 Å². The van der Waals surface area contributed by atoms with Gasteiger partial charge in [-0.3, -0.25) is 0 Å². The molecule has 2 N–H and O–H groups in total. The van der Waals surface area contributed by atoms with Gasteiger partial charge in [0.05, 0.1) is 12.1 Å². The zero-order valence-electron chi connectivity index (χ0n) is 18.7. The van der Waals surface area contributed by atoms with E-state index in [9.17, 15) is 9.90 Å². The van der Waals surface area contributed by atoms with Crippen LogP contribution in [-0.4, -0.2) is 34.5 Å². The summed E-state index contributed by atoms with van der Waals surface area (Å²) in [5.41, 5.74) is 2.31. The third-order valence-electron chi connectivity index (χ3n) is 4.09. The first-order valence-corrected chi connectivity index (χ1v) is 9.79. The molecule has 0 aliphatic heterocycles. The second-order valence-electron chi connectivity index (χ2n) is 9.30. The Morgan fingerprint density at radius 1 is 1.14 bits per heavy atom. The minimum atomic E-state index is -0.755. The summed E-state index contributed by atoms with van der Waals surface area (Å²) in [6.45, 7) is 19.2. The Bertz CT molecular complexity index is 660. The number of hydrogen-bond donors (Lipinski definition) is 2. The fourth-order valence-electron chi connectivity index (χ4n) is 2.99. The van der Waals surface area contributed by atoms with Gasteiger partial charge in [0, 0.05) is 0 Å². The van der Waals surface area contributed by atoms with Crippen molar-refractivity contribution in [1.29, 1.82) is 0 Å². The Kier molecular flexibility index (Phi) is 8.12. The van der Waals surface area contributed by atoms with Crippen LogP contribution in [0, 0.1) is 13.8 Å². The number of aryl methyl sites for hydroxylation is 2. The van der Waals surface area contributed by atoms with Gasteiger partial charge in [0.1, 0.15) is 17.0 Å². The van der Waals surface area contributed by atoms with E-state index in [0.29, 0.717) is 12.8 Å². The second kappa shape index (κ2) is 9.46. The number of alkyl carbamates (subject to hydrolysis) is 1. The van der Waals surface area contributed by atoms with Gasteiger partial charge in [-0.05, 0) is 97.1 Å². The standard InChI is InChI=1S/C23H37NO4/c1-10-11-20(25)19(24-21(26)28-23(7,8)9)14-18-15(2)12-17(13-16(18)3)27-22(4,5)6/h10,12-13,19-20,25H,1,11,14H2,2-9H3,(H,24,26)/t19-,20+/m0/s1. The minimum absolute atomic E-state index is 0.276. The van der Waals surface area contributed by atoms with Gasteiger partial charge in [-0.15, -0.1) is 6.58 Å². The molecule has 1 aromatic carbocycles. The van der Waals surface area contributed by atoms with Gasteiger partial charge in [-0.2, -0.15) is 0 Å². The van der Waals surface area contributed by atoms with Crippen LogP contribution in [0.2, 0.25) is 0 Å². The van der Waals surface area contributed by atoms with Crippen molar-refractivity contribution in [2.24, 2.45) is 0 Å². The predicted molar refractivity (Wildman–Crippen MR) is 114 cm³/mol. The molecule has 0 spiro atoms. The SMILES string of the molecule is C=CC[C@@H](O)[C@H](Cc1c(C)cc(OC(C)(C)C)cc1C)NC(=O)OC(C)(C)C. The van der Waals surface area contributed by atoms with Crippen LogP contribution in [0.1, 0.15) is 64.7 Å². The molecular weight excluding hydrogens is 354 g/mol. The number of rotatable bonds is 7. The first-order valence-electron chi connectivity index (χ1n) is 9.79. The maximum absolute atomic E-state index is 12.3. The summed E-state index contributed by atoms with van der Waals surface area (Å²) in [6, 6.07) is 3.51. The molecule has 0 heterocycles. The van der Waals surface area contributed by atoms with Crippen LogP contribution in [0.3, 0.4) is 0 Å². The van der Waals surface area contributed by atoms with Gasteiger partial charge in [-0.1, -0.05) is 6.08 Å². The van der Waals surface area contributed by atoms with Gasteiger partial charge in [0.25, 0.3) is 0 Å². The van der Waals surface area contributed by atoms with Crippen molar-refractivity contribution in [3.05, 3.63) is 41.5 Å². The van der Waals surface area contributed by atoms with Gasteiger partial charge in [-0.25, -0.2) is 4.79 Å². The molecule has 0 aliphatic rings. The molecule has 2 atom stereocenters. The number of amides is 1. The third kappa shape index (κ3) is 8.34. The van der Waals surface area contributed by atoms with E-state index in [1.807, 2.05) is 67.5 Å². The average Bonchev–Trinajstić information content (AvgIpc) is 2.46. The number of carbonyl (C=O) groups is 1. The number of ether oxygens (including phenoxy) is 2. The van der Waals surface area contributed by atoms with Crippen molar-refractivity contribution in [2.45, 2.75) is 91.6 Å². The number of hydrogen-bond acceptors (Lipinski definition) is 4. The highest BCUT2D eigenvalue weighted by molar-refractivity contribution is 5.68. The summed E-state index contributed by atoms with van der Waals surface area (Å²) in [4.78, 5) is 12.3. The van der Waals surface area contributed by atoms with Gasteiger partial charge in [0.2, 0.25) is 0 Å². The monoisotopic (exact) mass is 391 g/mol. The van der Waals surface area contributed by atoms with Crippen molar-refractivity contribution >= 4 is 6.09 Å². The molecule has 1 amide bonds. The molecule has 0 radical (unpaired) electrons. The fraction of sp³-hybridized carbons (Fsp3) is 0.609. The Balaban J connectivity index is 3.07. The summed E-state index contributed by atoms with van der Waals surface area (Å²) < 4.78 is 11.3. The average molecular weight is 392 g/mol. The molecule has 1 aromatic rings. The summed E-state index contributed by atoms with van der Waals surface area (Å²) in [7, 11) is 0. The molecule has 0 bridgehead atoms. The molecule has 0 aliphatic carbocycles. The van der Waals surface area contributed by atoms with E-state index in [2.05, 4.69) is 11.9 Å². The maximum atomic E-state index is 12.3. The molecular formula is C23H37NO4. The smallest absolute Gasteiger partial charge is 0.407 e. The Hall–Kier alpha value is -2.01. The van der Waals surface area contributed by atoms with E-state index in [1.54, 1.807) is 6.08 Å². The zero-order valence-corrected chi connectivity index (χ0v) is 18.7. The van der Waals surface area contributed by atoms with Gasteiger partial charge >= 0.3 is 6.09 Å². The lowest BCUT2D eigenvalue weighted by Gasteiger charge is -2.28. The highest BCUT2D eigenvalue weighted by atomic mass is 16.6. The van der Waals surface area contributed by atoms with Gasteiger partial charge < -0.3 is 19.9 Å². The Morgan fingerprint density at radius 2 is 1.68 bits per heavy atom. The molecule has 1 rings (SSSR count). The third-order valence-corrected chi connectivity index (χ3v) is 4.09. The van der Waals surface area contributed by atoms with Crippen molar-refractivity contribution in [3.63, 3.8) is 0 Å². The second-order valence-corrected chi connectivity index (χ2v) is 9.30. The van der Waals surface area contributed by atoms with Crippen LogP contribution in [0.25, 0.3) is 0 Å². The van der Waals surface area contributed by atoms with E-state index in [1.165, 1.54) is 0 Å². The van der Waals surface area contributed by atoms with E-state index in [0.717, 1.165) is 22.4 Å². The lowest BCUT2D eigenvalue weighted by Crippen LogP contribution is -2.46. The number of carbonyl (C=O) groups excluding carboxylic acids is 1. The molecule has 5 nitrogen and oxygen atoms in total. The van der Waals surface area contributed by atoms with Crippen molar-refractivity contribution < 1.29 is 19.4 Å². The molecule has 0 unspecified atom stereocenters. The van der Waals surface area contributed by atoms with Crippen LogP contribution in [0.15, 0.2) is 24.8 Å². The summed E-state index contributed by atoms with van der Waals surface area (Å²) in [6.07, 6.45) is 1.22. The lowest BCUT2D eigenvalue weighted by atomic mass is 9.92. The highest BCUT2D eigenvalue weighted by Crippen LogP contribution is 2.26. The number of aliphatic hydroxyl groups is 1. The molecule has 28 heavy (non-hydrogen) atoms. The van der Waals surface area contributed by atoms with Crippen LogP contribution in [0.5, 0.6) is 5.75 Å². The van der Waals surface area contributed by atoms with Crippen LogP contribution >= 0.6 is 0 Å². The maximum Gasteiger partial charge on any atom is 0.407 e. The quantitative estimate of drug-likeness (QED) is 0.652. The summed E-state index contributed by atoms with van der Waals surface area (Å²) in [5, 5.41) is 13.4. The molecule has 0 fully saturated rings. The Morgan fingerprint density at radius 3 is 2.11 bits per heavy atom. The van der Waals surface area contributed by atoms with Crippen molar-refractivity contribution in [3.8, 4) is 5.75 Å². The number of nitrogens with one attached hydrogen (secondary N) is 1. The van der Waals surface area contributed by atoms with E-state index >= 15 is 0 Å². The minimum Gasteiger partial charge on any atom is -0.488 e. The van der Waals surface area contributed by atoms with Crippen LogP contribution < -0.4 is 10.1 Å². The first-order chi connectivity index (χ1) is 12.7.